The molecule has 0 unspecified atom stereocenters. The van der Waals surface area contributed by atoms with Crippen LogP contribution >= 0.6 is 0 Å². The highest BCUT2D eigenvalue weighted by molar-refractivity contribution is 5.95. The molecule has 0 aliphatic carbocycles. The lowest BCUT2D eigenvalue weighted by Gasteiger charge is -2.07. The highest BCUT2D eigenvalue weighted by atomic mass is 16.3. The Hall–Kier alpha value is -3.41. The monoisotopic (exact) mass is 348 g/mol. The molecule has 0 saturated heterocycles. The van der Waals surface area contributed by atoms with E-state index in [1.54, 1.807) is 30.3 Å². The molecule has 2 aromatic carbocycles. The molecular weight excluding hydrogens is 328 g/mol. The molecule has 0 aliphatic heterocycles. The predicted molar refractivity (Wildman–Crippen MR) is 100 cm³/mol. The first-order valence-electron chi connectivity index (χ1n) is 8.24. The van der Waals surface area contributed by atoms with Gasteiger partial charge >= 0.3 is 0 Å². The number of nitrogens with one attached hydrogen (secondary N) is 1. The van der Waals surface area contributed by atoms with Crippen molar-refractivity contribution in [1.29, 1.82) is 0 Å². The second-order valence-corrected chi connectivity index (χ2v) is 6.04. The van der Waals surface area contributed by atoms with Gasteiger partial charge in [-0.1, -0.05) is 24.3 Å². The molecule has 1 amide bonds. The minimum atomic E-state index is -0.313. The van der Waals surface area contributed by atoms with E-state index in [0.29, 0.717) is 17.7 Å². The Kier molecular flexibility index (Phi) is 5.12. The number of aromatic nitrogens is 2. The number of hydrogen-bond donors (Lipinski definition) is 2. The van der Waals surface area contributed by atoms with E-state index in [2.05, 4.69) is 15.6 Å². The Morgan fingerprint density at radius 3 is 2.73 bits per heavy atom. The van der Waals surface area contributed by atoms with E-state index in [1.165, 1.54) is 6.21 Å². The zero-order valence-electron chi connectivity index (χ0n) is 14.7. The molecule has 132 valence electrons. The van der Waals surface area contributed by atoms with Crippen LogP contribution in [0.1, 0.15) is 32.9 Å². The Labute approximate surface area is 151 Å². The first-order chi connectivity index (χ1) is 12.5. The smallest absolute Gasteiger partial charge is 0.271 e. The SMILES string of the molecule is Cc1cc(C)n(Cc2cccc(C(=O)N/N=C\c3ccccc3O)c2)n1. The van der Waals surface area contributed by atoms with Gasteiger partial charge in [-0.25, -0.2) is 5.43 Å². The minimum Gasteiger partial charge on any atom is -0.507 e. The molecular formula is C20H20N4O2. The van der Waals surface area contributed by atoms with Crippen LogP contribution in [0.2, 0.25) is 0 Å². The fourth-order valence-corrected chi connectivity index (χ4v) is 2.64. The van der Waals surface area contributed by atoms with Gasteiger partial charge in [0, 0.05) is 16.8 Å². The topological polar surface area (TPSA) is 79.5 Å². The zero-order valence-corrected chi connectivity index (χ0v) is 14.7. The average Bonchev–Trinajstić information content (AvgIpc) is 2.94. The lowest BCUT2D eigenvalue weighted by molar-refractivity contribution is 0.0955. The largest absolute Gasteiger partial charge is 0.507 e. The summed E-state index contributed by atoms with van der Waals surface area (Å²) in [5.41, 5.74) is 6.55. The highest BCUT2D eigenvalue weighted by Crippen LogP contribution is 2.13. The average molecular weight is 348 g/mol. The number of hydrazone groups is 1. The summed E-state index contributed by atoms with van der Waals surface area (Å²) in [6, 6.07) is 16.1. The van der Waals surface area contributed by atoms with Crippen LogP contribution in [0.3, 0.4) is 0 Å². The van der Waals surface area contributed by atoms with E-state index >= 15 is 0 Å². The third kappa shape index (κ3) is 4.16. The van der Waals surface area contributed by atoms with Crippen LogP contribution in [0.15, 0.2) is 59.7 Å². The third-order valence-electron chi connectivity index (χ3n) is 3.93. The van der Waals surface area contributed by atoms with Crippen molar-refractivity contribution in [2.24, 2.45) is 5.10 Å². The lowest BCUT2D eigenvalue weighted by atomic mass is 10.1. The Bertz CT molecular complexity index is 960. The summed E-state index contributed by atoms with van der Waals surface area (Å²) in [5.74, 6) is -0.204. The first kappa shape index (κ1) is 17.4. The summed E-state index contributed by atoms with van der Waals surface area (Å²) in [6.45, 7) is 4.56. The molecule has 0 saturated carbocycles. The van der Waals surface area contributed by atoms with E-state index < -0.39 is 0 Å². The number of hydrogen-bond acceptors (Lipinski definition) is 4. The quantitative estimate of drug-likeness (QED) is 0.549. The number of carbonyl (C=O) groups is 1. The van der Waals surface area contributed by atoms with Crippen LogP contribution < -0.4 is 5.43 Å². The van der Waals surface area contributed by atoms with Crippen LogP contribution in [0.5, 0.6) is 5.75 Å². The molecule has 3 rings (SSSR count). The second kappa shape index (κ2) is 7.65. The standard InChI is InChI=1S/C20H20N4O2/c1-14-10-15(2)24(23-14)13-16-6-5-8-17(11-16)20(26)22-21-12-18-7-3-4-9-19(18)25/h3-12,25H,13H2,1-2H3,(H,22,26)/b21-12-. The lowest BCUT2D eigenvalue weighted by Crippen LogP contribution is -2.18. The summed E-state index contributed by atoms with van der Waals surface area (Å²) in [7, 11) is 0. The number of phenols is 1. The van der Waals surface area contributed by atoms with Crippen molar-refractivity contribution >= 4 is 12.1 Å². The molecule has 6 nitrogen and oxygen atoms in total. The first-order valence-corrected chi connectivity index (χ1v) is 8.24. The number of benzene rings is 2. The molecule has 26 heavy (non-hydrogen) atoms. The van der Waals surface area contributed by atoms with Crippen molar-refractivity contribution in [3.8, 4) is 5.75 Å². The molecule has 1 aromatic heterocycles. The van der Waals surface area contributed by atoms with E-state index in [1.807, 2.05) is 42.8 Å². The molecule has 2 N–H and O–H groups in total. The van der Waals surface area contributed by atoms with Crippen molar-refractivity contribution in [2.75, 3.05) is 0 Å². The van der Waals surface area contributed by atoms with Gasteiger partial charge in [-0.15, -0.1) is 0 Å². The molecule has 0 radical (unpaired) electrons. The number of amides is 1. The number of aromatic hydroxyl groups is 1. The molecule has 0 bridgehead atoms. The number of carbonyl (C=O) groups excluding carboxylic acids is 1. The Morgan fingerprint density at radius 1 is 1.19 bits per heavy atom. The zero-order chi connectivity index (χ0) is 18.5. The van der Waals surface area contributed by atoms with E-state index in [4.69, 9.17) is 0 Å². The number of phenolic OH excluding ortho intramolecular Hbond substituents is 1. The number of para-hydroxylation sites is 1. The van der Waals surface area contributed by atoms with Crippen molar-refractivity contribution in [3.05, 3.63) is 82.7 Å². The Balaban J connectivity index is 1.68. The van der Waals surface area contributed by atoms with Gasteiger partial charge in [-0.3, -0.25) is 9.48 Å². The molecule has 0 spiro atoms. The molecule has 0 fully saturated rings. The third-order valence-corrected chi connectivity index (χ3v) is 3.93. The Morgan fingerprint density at radius 2 is 2.00 bits per heavy atom. The van der Waals surface area contributed by atoms with E-state index in [9.17, 15) is 9.90 Å². The van der Waals surface area contributed by atoms with Crippen LogP contribution in [0.25, 0.3) is 0 Å². The summed E-state index contributed by atoms with van der Waals surface area (Å²) < 4.78 is 1.91. The van der Waals surface area contributed by atoms with E-state index in [0.717, 1.165) is 17.0 Å². The van der Waals surface area contributed by atoms with Crippen LogP contribution in [-0.2, 0) is 6.54 Å². The maximum atomic E-state index is 12.3. The highest BCUT2D eigenvalue weighted by Gasteiger charge is 2.07. The molecule has 1 heterocycles. The van der Waals surface area contributed by atoms with Gasteiger partial charge in [0.05, 0.1) is 18.5 Å². The summed E-state index contributed by atoms with van der Waals surface area (Å²) in [6.07, 6.45) is 1.41. The van der Waals surface area contributed by atoms with Crippen LogP contribution in [-0.4, -0.2) is 27.0 Å². The number of nitrogens with zero attached hydrogens (tertiary/aromatic N) is 3. The number of rotatable bonds is 5. The summed E-state index contributed by atoms with van der Waals surface area (Å²) in [5, 5.41) is 18.0. The molecule has 0 atom stereocenters. The fourth-order valence-electron chi connectivity index (χ4n) is 2.64. The van der Waals surface area contributed by atoms with Crippen molar-refractivity contribution < 1.29 is 9.90 Å². The normalized spacial score (nSPS) is 11.0. The van der Waals surface area contributed by atoms with E-state index in [-0.39, 0.29) is 11.7 Å². The van der Waals surface area contributed by atoms with Gasteiger partial charge in [-0.2, -0.15) is 10.2 Å². The van der Waals surface area contributed by atoms with Gasteiger partial charge in [0.15, 0.2) is 0 Å². The minimum absolute atomic E-state index is 0.109. The molecule has 6 heteroatoms. The number of aryl methyl sites for hydroxylation is 2. The van der Waals surface area contributed by atoms with Gasteiger partial charge < -0.3 is 5.11 Å². The van der Waals surface area contributed by atoms with Crippen molar-refractivity contribution in [2.45, 2.75) is 20.4 Å². The van der Waals surface area contributed by atoms with Crippen molar-refractivity contribution in [1.82, 2.24) is 15.2 Å². The summed E-state index contributed by atoms with van der Waals surface area (Å²) in [4.78, 5) is 12.3. The second-order valence-electron chi connectivity index (χ2n) is 6.04. The van der Waals surface area contributed by atoms with Gasteiger partial charge in [0.2, 0.25) is 0 Å². The van der Waals surface area contributed by atoms with Gasteiger partial charge in [0.1, 0.15) is 5.75 Å². The van der Waals surface area contributed by atoms with Crippen LogP contribution in [0, 0.1) is 13.8 Å². The van der Waals surface area contributed by atoms with Crippen LogP contribution in [0.4, 0.5) is 0 Å². The van der Waals surface area contributed by atoms with Gasteiger partial charge in [-0.05, 0) is 49.7 Å². The predicted octanol–water partition coefficient (Wildman–Crippen LogP) is 3.02. The molecule has 0 aliphatic rings. The van der Waals surface area contributed by atoms with Crippen molar-refractivity contribution in [3.63, 3.8) is 0 Å². The fraction of sp³-hybridized carbons (Fsp3) is 0.150. The van der Waals surface area contributed by atoms with Gasteiger partial charge in [0.25, 0.3) is 5.91 Å². The maximum Gasteiger partial charge on any atom is 0.271 e. The maximum absolute atomic E-state index is 12.3. The molecule has 3 aromatic rings. The summed E-state index contributed by atoms with van der Waals surface area (Å²) >= 11 is 0.